The largest absolute Gasteiger partial charge is 0.481 e. The van der Waals surface area contributed by atoms with Crippen LogP contribution in [0.25, 0.3) is 11.1 Å². The minimum atomic E-state index is -0.836. The van der Waals surface area contributed by atoms with E-state index in [-0.39, 0.29) is 37.3 Å². The molecule has 7 heteroatoms. The topological polar surface area (TPSA) is 105 Å². The number of carbonyl (C=O) groups is 3. The van der Waals surface area contributed by atoms with Crippen LogP contribution in [0, 0.1) is 0 Å². The maximum atomic E-state index is 12.5. The van der Waals surface area contributed by atoms with Crippen LogP contribution in [-0.2, 0) is 14.3 Å². The second-order valence-electron chi connectivity index (χ2n) is 8.36. The molecular weight excluding hydrogens is 420 g/mol. The molecule has 2 amide bonds. The second kappa shape index (κ2) is 12.0. The number of hydrogen-bond acceptors (Lipinski definition) is 4. The van der Waals surface area contributed by atoms with E-state index in [0.29, 0.717) is 25.8 Å². The third kappa shape index (κ3) is 6.81. The zero-order chi connectivity index (χ0) is 23.6. The molecule has 33 heavy (non-hydrogen) atoms. The summed E-state index contributed by atoms with van der Waals surface area (Å²) in [6.07, 6.45) is 2.35. The molecule has 0 radical (unpaired) electrons. The van der Waals surface area contributed by atoms with Crippen LogP contribution in [0.3, 0.4) is 0 Å². The van der Waals surface area contributed by atoms with Crippen molar-refractivity contribution in [3.05, 3.63) is 59.7 Å². The van der Waals surface area contributed by atoms with E-state index in [2.05, 4.69) is 34.9 Å². The Morgan fingerprint density at radius 1 is 1.00 bits per heavy atom. The van der Waals surface area contributed by atoms with E-state index in [1.807, 2.05) is 31.2 Å². The average Bonchev–Trinajstić information content (AvgIpc) is 3.11. The first-order chi connectivity index (χ1) is 16.0. The lowest BCUT2D eigenvalue weighted by molar-refractivity contribution is -0.137. The summed E-state index contributed by atoms with van der Waals surface area (Å²) >= 11 is 0. The van der Waals surface area contributed by atoms with Gasteiger partial charge in [-0.1, -0.05) is 61.9 Å². The fraction of sp³-hybridized carbons (Fsp3) is 0.423. The Balaban J connectivity index is 1.49. The van der Waals surface area contributed by atoms with Gasteiger partial charge < -0.3 is 20.5 Å². The number of carboxylic acids is 1. The fourth-order valence-electron chi connectivity index (χ4n) is 4.31. The van der Waals surface area contributed by atoms with E-state index in [4.69, 9.17) is 9.84 Å². The second-order valence-corrected chi connectivity index (χ2v) is 8.36. The van der Waals surface area contributed by atoms with Crippen molar-refractivity contribution in [1.29, 1.82) is 0 Å². The SMILES string of the molecule is CCC[C@H](CC(=O)NCCCCC(=O)O)NC(=O)OCC1c2ccccc2-c2ccccc21. The maximum absolute atomic E-state index is 12.5. The van der Waals surface area contributed by atoms with E-state index in [0.717, 1.165) is 17.5 Å². The molecular formula is C26H32N2O5. The molecule has 1 aliphatic carbocycles. The molecule has 0 aliphatic heterocycles. The van der Waals surface area contributed by atoms with Gasteiger partial charge in [0.05, 0.1) is 0 Å². The summed E-state index contributed by atoms with van der Waals surface area (Å²) < 4.78 is 5.60. The predicted molar refractivity (Wildman–Crippen MR) is 126 cm³/mol. The standard InChI is InChI=1S/C26H32N2O5/c1-2-9-18(16-24(29)27-15-8-7-14-25(30)31)28-26(32)33-17-23-21-12-5-3-10-19(21)20-11-4-6-13-22(20)23/h3-6,10-13,18,23H,2,7-9,14-17H2,1H3,(H,27,29)(H,28,32)(H,30,31)/t18-/m1/s1. The number of ether oxygens (including phenoxy) is 1. The van der Waals surface area contributed by atoms with Crippen molar-refractivity contribution in [2.75, 3.05) is 13.2 Å². The zero-order valence-corrected chi connectivity index (χ0v) is 19.0. The van der Waals surface area contributed by atoms with E-state index >= 15 is 0 Å². The highest BCUT2D eigenvalue weighted by Gasteiger charge is 2.29. The van der Waals surface area contributed by atoms with Crippen molar-refractivity contribution in [2.24, 2.45) is 0 Å². The number of aliphatic carboxylic acids is 1. The number of rotatable bonds is 12. The van der Waals surface area contributed by atoms with Crippen LogP contribution < -0.4 is 10.6 Å². The molecule has 1 atom stereocenters. The third-order valence-electron chi connectivity index (χ3n) is 5.87. The van der Waals surface area contributed by atoms with Crippen molar-refractivity contribution < 1.29 is 24.2 Å². The quantitative estimate of drug-likeness (QED) is 0.413. The monoisotopic (exact) mass is 452 g/mol. The summed E-state index contributed by atoms with van der Waals surface area (Å²) in [5, 5.41) is 14.3. The summed E-state index contributed by atoms with van der Waals surface area (Å²) in [6, 6.07) is 16.0. The van der Waals surface area contributed by atoms with Gasteiger partial charge in [-0.2, -0.15) is 0 Å². The average molecular weight is 453 g/mol. The molecule has 1 aliphatic rings. The molecule has 2 aromatic rings. The summed E-state index contributed by atoms with van der Waals surface area (Å²) in [4.78, 5) is 35.3. The van der Waals surface area contributed by atoms with Crippen LogP contribution >= 0.6 is 0 Å². The van der Waals surface area contributed by atoms with Gasteiger partial charge in [0.2, 0.25) is 5.91 Å². The van der Waals surface area contributed by atoms with Crippen LogP contribution in [0.1, 0.15) is 62.5 Å². The van der Waals surface area contributed by atoms with Crippen molar-refractivity contribution in [3.8, 4) is 11.1 Å². The van der Waals surface area contributed by atoms with Crippen molar-refractivity contribution in [2.45, 2.75) is 57.4 Å². The van der Waals surface area contributed by atoms with E-state index in [9.17, 15) is 14.4 Å². The van der Waals surface area contributed by atoms with Crippen LogP contribution in [0.2, 0.25) is 0 Å². The van der Waals surface area contributed by atoms with Crippen LogP contribution in [0.5, 0.6) is 0 Å². The number of benzene rings is 2. The van der Waals surface area contributed by atoms with Crippen LogP contribution in [0.15, 0.2) is 48.5 Å². The molecule has 0 fully saturated rings. The molecule has 0 bridgehead atoms. The summed E-state index contributed by atoms with van der Waals surface area (Å²) in [6.45, 7) is 2.65. The number of amides is 2. The molecule has 0 saturated heterocycles. The molecule has 176 valence electrons. The molecule has 7 nitrogen and oxygen atoms in total. The number of hydrogen-bond donors (Lipinski definition) is 3. The number of fused-ring (bicyclic) bond motifs is 3. The number of alkyl carbamates (subject to hydrolysis) is 1. The number of unbranched alkanes of at least 4 members (excludes halogenated alkanes) is 1. The van der Waals surface area contributed by atoms with E-state index < -0.39 is 12.1 Å². The van der Waals surface area contributed by atoms with Gasteiger partial charge in [-0.05, 0) is 41.5 Å². The third-order valence-corrected chi connectivity index (χ3v) is 5.87. The minimum absolute atomic E-state index is 0.0122. The van der Waals surface area contributed by atoms with Crippen molar-refractivity contribution >= 4 is 18.0 Å². The lowest BCUT2D eigenvalue weighted by Crippen LogP contribution is -2.40. The Morgan fingerprint density at radius 3 is 2.24 bits per heavy atom. The van der Waals surface area contributed by atoms with Gasteiger partial charge in [0.15, 0.2) is 0 Å². The van der Waals surface area contributed by atoms with E-state index in [1.165, 1.54) is 11.1 Å². The number of nitrogens with one attached hydrogen (secondary N) is 2. The van der Waals surface area contributed by atoms with Gasteiger partial charge in [-0.25, -0.2) is 4.79 Å². The Labute approximate surface area is 194 Å². The van der Waals surface area contributed by atoms with E-state index in [1.54, 1.807) is 0 Å². The molecule has 2 aromatic carbocycles. The Hall–Kier alpha value is -3.35. The first kappa shape index (κ1) is 24.3. The molecule has 0 heterocycles. The zero-order valence-electron chi connectivity index (χ0n) is 19.0. The summed E-state index contributed by atoms with van der Waals surface area (Å²) in [7, 11) is 0. The highest BCUT2D eigenvalue weighted by atomic mass is 16.5. The molecule has 3 rings (SSSR count). The molecule has 0 unspecified atom stereocenters. The molecule has 3 N–H and O–H groups in total. The van der Waals surface area contributed by atoms with Gasteiger partial charge >= 0.3 is 12.1 Å². The Morgan fingerprint density at radius 2 is 1.64 bits per heavy atom. The van der Waals surface area contributed by atoms with Gasteiger partial charge in [0.1, 0.15) is 6.61 Å². The van der Waals surface area contributed by atoms with Crippen molar-refractivity contribution in [3.63, 3.8) is 0 Å². The van der Waals surface area contributed by atoms with Gasteiger partial charge in [-0.3, -0.25) is 9.59 Å². The molecule has 0 saturated carbocycles. The van der Waals surface area contributed by atoms with Gasteiger partial charge in [-0.15, -0.1) is 0 Å². The first-order valence-corrected chi connectivity index (χ1v) is 11.6. The van der Waals surface area contributed by atoms with Crippen LogP contribution in [0.4, 0.5) is 4.79 Å². The lowest BCUT2D eigenvalue weighted by atomic mass is 9.98. The van der Waals surface area contributed by atoms with Gasteiger partial charge in [0.25, 0.3) is 0 Å². The normalized spacial score (nSPS) is 13.0. The summed E-state index contributed by atoms with van der Waals surface area (Å²) in [5.41, 5.74) is 4.65. The maximum Gasteiger partial charge on any atom is 0.407 e. The fourth-order valence-corrected chi connectivity index (χ4v) is 4.31. The minimum Gasteiger partial charge on any atom is -0.481 e. The predicted octanol–water partition coefficient (Wildman–Crippen LogP) is 4.46. The van der Waals surface area contributed by atoms with Gasteiger partial charge in [0, 0.05) is 31.3 Å². The Kier molecular flexibility index (Phi) is 8.87. The Bertz CT molecular complexity index is 929. The molecule has 0 spiro atoms. The first-order valence-electron chi connectivity index (χ1n) is 11.6. The van der Waals surface area contributed by atoms with Crippen LogP contribution in [-0.4, -0.2) is 42.3 Å². The highest BCUT2D eigenvalue weighted by molar-refractivity contribution is 5.79. The number of carboxylic acid groups (broad SMARTS) is 1. The lowest BCUT2D eigenvalue weighted by Gasteiger charge is -2.19. The highest BCUT2D eigenvalue weighted by Crippen LogP contribution is 2.44. The molecule has 0 aromatic heterocycles. The summed E-state index contributed by atoms with van der Waals surface area (Å²) in [5.74, 6) is -1.01. The van der Waals surface area contributed by atoms with Crippen molar-refractivity contribution in [1.82, 2.24) is 10.6 Å². The smallest absolute Gasteiger partial charge is 0.407 e. The number of carbonyl (C=O) groups excluding carboxylic acids is 2.